The Morgan fingerprint density at radius 3 is 2.94 bits per heavy atom. The van der Waals surface area contributed by atoms with Gasteiger partial charge in [-0.2, -0.15) is 0 Å². The largest absolute Gasteiger partial charge is 0.348 e. The molecule has 1 fully saturated rings. The lowest BCUT2D eigenvalue weighted by Crippen LogP contribution is -2.33. The van der Waals surface area contributed by atoms with Gasteiger partial charge in [0.05, 0.1) is 12.0 Å². The second kappa shape index (κ2) is 5.46. The summed E-state index contributed by atoms with van der Waals surface area (Å²) in [6.07, 6.45) is 4.55. The van der Waals surface area contributed by atoms with E-state index in [0.29, 0.717) is 0 Å². The third kappa shape index (κ3) is 3.06. The van der Waals surface area contributed by atoms with Crippen molar-refractivity contribution in [1.29, 1.82) is 0 Å². The molecule has 2 N–H and O–H groups in total. The van der Waals surface area contributed by atoms with Gasteiger partial charge in [-0.25, -0.2) is 4.98 Å². The fourth-order valence-electron chi connectivity index (χ4n) is 2.03. The summed E-state index contributed by atoms with van der Waals surface area (Å²) in [7, 11) is 0. The molecule has 0 unspecified atom stereocenters. The molecule has 16 heavy (non-hydrogen) atoms. The summed E-state index contributed by atoms with van der Waals surface area (Å²) >= 11 is 0. The van der Waals surface area contributed by atoms with E-state index in [1.54, 1.807) is 6.33 Å². The molecule has 1 aromatic rings. The molecule has 2 rings (SSSR count). The first kappa shape index (κ1) is 11.6. The average Bonchev–Trinajstić information content (AvgIpc) is 3.04. The average molecular weight is 222 g/mol. The molecule has 1 aliphatic rings. The Bertz CT molecular complexity index is 317. The summed E-state index contributed by atoms with van der Waals surface area (Å²) in [4.78, 5) is 9.92. The quantitative estimate of drug-likeness (QED) is 0.683. The van der Waals surface area contributed by atoms with Crippen LogP contribution in [0.2, 0.25) is 0 Å². The van der Waals surface area contributed by atoms with E-state index in [-0.39, 0.29) is 0 Å². The van der Waals surface area contributed by atoms with Crippen LogP contribution < -0.4 is 5.32 Å². The monoisotopic (exact) mass is 222 g/mol. The number of nitrogens with one attached hydrogen (secondary N) is 2. The molecule has 1 aliphatic carbocycles. The topological polar surface area (TPSA) is 44.0 Å². The van der Waals surface area contributed by atoms with Crippen molar-refractivity contribution >= 4 is 0 Å². The van der Waals surface area contributed by atoms with Gasteiger partial charge in [0.15, 0.2) is 0 Å². The van der Waals surface area contributed by atoms with Crippen molar-refractivity contribution in [3.8, 4) is 0 Å². The van der Waals surface area contributed by atoms with Gasteiger partial charge in [-0.3, -0.25) is 4.90 Å². The SMILES string of the molecule is CCN(CCNCc1nc[nH]c1C)C1CC1. The van der Waals surface area contributed by atoms with Crippen molar-refractivity contribution in [1.82, 2.24) is 20.2 Å². The van der Waals surface area contributed by atoms with Gasteiger partial charge in [0, 0.05) is 31.4 Å². The Balaban J connectivity index is 1.62. The number of H-pyrrole nitrogens is 1. The first-order valence-corrected chi connectivity index (χ1v) is 6.25. The molecule has 0 aromatic carbocycles. The number of likely N-dealkylation sites (N-methyl/N-ethyl adjacent to an activating group) is 1. The molecule has 1 aromatic heterocycles. The zero-order valence-corrected chi connectivity index (χ0v) is 10.3. The molecular formula is C12H22N4. The Morgan fingerprint density at radius 2 is 2.38 bits per heavy atom. The zero-order valence-electron chi connectivity index (χ0n) is 10.3. The fraction of sp³-hybridized carbons (Fsp3) is 0.750. The molecule has 1 saturated carbocycles. The van der Waals surface area contributed by atoms with E-state index in [1.165, 1.54) is 25.1 Å². The number of aromatic nitrogens is 2. The molecule has 0 bridgehead atoms. The fourth-order valence-corrected chi connectivity index (χ4v) is 2.03. The Labute approximate surface area is 97.4 Å². The van der Waals surface area contributed by atoms with Crippen molar-refractivity contribution in [2.24, 2.45) is 0 Å². The molecule has 90 valence electrons. The van der Waals surface area contributed by atoms with Gasteiger partial charge in [0.25, 0.3) is 0 Å². The summed E-state index contributed by atoms with van der Waals surface area (Å²) in [5.41, 5.74) is 2.30. The van der Waals surface area contributed by atoms with Crippen LogP contribution in [0.1, 0.15) is 31.2 Å². The molecule has 0 atom stereocenters. The van der Waals surface area contributed by atoms with Gasteiger partial charge in [-0.15, -0.1) is 0 Å². The molecule has 0 spiro atoms. The minimum absolute atomic E-state index is 0.873. The Kier molecular flexibility index (Phi) is 3.96. The maximum Gasteiger partial charge on any atom is 0.0925 e. The van der Waals surface area contributed by atoms with Gasteiger partial charge in [-0.05, 0) is 26.3 Å². The van der Waals surface area contributed by atoms with Crippen LogP contribution in [-0.2, 0) is 6.54 Å². The number of hydrogen-bond acceptors (Lipinski definition) is 3. The zero-order chi connectivity index (χ0) is 11.4. The number of rotatable bonds is 7. The Hall–Kier alpha value is -0.870. The van der Waals surface area contributed by atoms with E-state index in [2.05, 4.69) is 34.0 Å². The van der Waals surface area contributed by atoms with Crippen LogP contribution in [0, 0.1) is 6.92 Å². The van der Waals surface area contributed by atoms with E-state index < -0.39 is 0 Å². The van der Waals surface area contributed by atoms with Crippen LogP contribution in [0.4, 0.5) is 0 Å². The molecular weight excluding hydrogens is 200 g/mol. The smallest absolute Gasteiger partial charge is 0.0925 e. The van der Waals surface area contributed by atoms with Crippen molar-refractivity contribution in [3.05, 3.63) is 17.7 Å². The van der Waals surface area contributed by atoms with Crippen LogP contribution in [0.25, 0.3) is 0 Å². The van der Waals surface area contributed by atoms with Gasteiger partial charge < -0.3 is 10.3 Å². The van der Waals surface area contributed by atoms with Crippen LogP contribution in [-0.4, -0.2) is 40.5 Å². The highest BCUT2D eigenvalue weighted by atomic mass is 15.2. The second-order valence-corrected chi connectivity index (χ2v) is 4.51. The molecule has 4 nitrogen and oxygen atoms in total. The predicted molar refractivity (Wildman–Crippen MR) is 65.3 cm³/mol. The van der Waals surface area contributed by atoms with E-state index in [1.807, 2.05) is 0 Å². The van der Waals surface area contributed by atoms with E-state index >= 15 is 0 Å². The highest BCUT2D eigenvalue weighted by molar-refractivity contribution is 5.07. The highest BCUT2D eigenvalue weighted by Crippen LogP contribution is 2.25. The number of nitrogens with zero attached hydrogens (tertiary/aromatic N) is 2. The number of aromatic amines is 1. The maximum atomic E-state index is 4.27. The molecule has 0 saturated heterocycles. The van der Waals surface area contributed by atoms with Crippen molar-refractivity contribution in [2.75, 3.05) is 19.6 Å². The third-order valence-corrected chi connectivity index (χ3v) is 3.27. The summed E-state index contributed by atoms with van der Waals surface area (Å²) in [6, 6.07) is 0.874. The lowest BCUT2D eigenvalue weighted by molar-refractivity contribution is 0.277. The van der Waals surface area contributed by atoms with Crippen LogP contribution in [0.3, 0.4) is 0 Å². The number of imidazole rings is 1. The number of aryl methyl sites for hydroxylation is 1. The van der Waals surface area contributed by atoms with Crippen molar-refractivity contribution < 1.29 is 0 Å². The summed E-state index contributed by atoms with van der Waals surface area (Å²) in [5, 5.41) is 3.45. The van der Waals surface area contributed by atoms with Crippen molar-refractivity contribution in [3.63, 3.8) is 0 Å². The molecule has 1 heterocycles. The molecule has 0 radical (unpaired) electrons. The lowest BCUT2D eigenvalue weighted by atomic mass is 10.3. The van der Waals surface area contributed by atoms with Crippen LogP contribution in [0.15, 0.2) is 6.33 Å². The van der Waals surface area contributed by atoms with Crippen molar-refractivity contribution in [2.45, 2.75) is 39.3 Å². The van der Waals surface area contributed by atoms with E-state index in [0.717, 1.165) is 31.4 Å². The van der Waals surface area contributed by atoms with E-state index in [9.17, 15) is 0 Å². The van der Waals surface area contributed by atoms with Crippen LogP contribution >= 0.6 is 0 Å². The predicted octanol–water partition coefficient (Wildman–Crippen LogP) is 1.29. The molecule has 0 amide bonds. The lowest BCUT2D eigenvalue weighted by Gasteiger charge is -2.19. The van der Waals surface area contributed by atoms with Crippen LogP contribution in [0.5, 0.6) is 0 Å². The minimum Gasteiger partial charge on any atom is -0.348 e. The van der Waals surface area contributed by atoms with Gasteiger partial charge in [-0.1, -0.05) is 6.92 Å². The first-order chi connectivity index (χ1) is 7.81. The summed E-state index contributed by atoms with van der Waals surface area (Å²) < 4.78 is 0. The Morgan fingerprint density at radius 1 is 1.56 bits per heavy atom. The standard InChI is InChI=1S/C12H22N4/c1-3-16(11-4-5-11)7-6-13-8-12-10(2)14-9-15-12/h9,11,13H,3-8H2,1-2H3,(H,14,15). The summed E-state index contributed by atoms with van der Waals surface area (Å²) in [5.74, 6) is 0. The minimum atomic E-state index is 0.873. The van der Waals surface area contributed by atoms with Gasteiger partial charge in [0.1, 0.15) is 0 Å². The third-order valence-electron chi connectivity index (χ3n) is 3.27. The molecule has 0 aliphatic heterocycles. The van der Waals surface area contributed by atoms with Gasteiger partial charge in [0.2, 0.25) is 0 Å². The highest BCUT2D eigenvalue weighted by Gasteiger charge is 2.26. The molecule has 4 heteroatoms. The summed E-state index contributed by atoms with van der Waals surface area (Å²) in [6.45, 7) is 8.56. The second-order valence-electron chi connectivity index (χ2n) is 4.51. The normalized spacial score (nSPS) is 15.9. The number of hydrogen-bond donors (Lipinski definition) is 2. The van der Waals surface area contributed by atoms with E-state index in [4.69, 9.17) is 0 Å². The van der Waals surface area contributed by atoms with Gasteiger partial charge >= 0.3 is 0 Å². The first-order valence-electron chi connectivity index (χ1n) is 6.25. The maximum absolute atomic E-state index is 4.27.